The number of hydrogen-bond donors (Lipinski definition) is 3. The minimum atomic E-state index is -2.14. The van der Waals surface area contributed by atoms with Gasteiger partial charge in [0, 0.05) is 23.7 Å². The van der Waals surface area contributed by atoms with Gasteiger partial charge in [-0.25, -0.2) is 4.79 Å². The summed E-state index contributed by atoms with van der Waals surface area (Å²) in [5.41, 5.74) is 0.326. The average Bonchev–Trinajstić information content (AvgIpc) is 3.13. The van der Waals surface area contributed by atoms with Crippen molar-refractivity contribution in [3.63, 3.8) is 0 Å². The lowest BCUT2D eigenvalue weighted by atomic mass is 10.2. The van der Waals surface area contributed by atoms with Gasteiger partial charge in [-0.3, -0.25) is 9.36 Å². The summed E-state index contributed by atoms with van der Waals surface area (Å²) >= 11 is 0. The van der Waals surface area contributed by atoms with Gasteiger partial charge in [-0.1, -0.05) is 39.0 Å². The Morgan fingerprint density at radius 1 is 1.30 bits per heavy atom. The van der Waals surface area contributed by atoms with Crippen LogP contribution in [-0.2, 0) is 15.8 Å². The molecular weight excluding hydrogens is 442 g/mol. The molecule has 0 bridgehead atoms. The Bertz CT molecular complexity index is 1030. The number of carbonyl (C=O) groups excluding carboxylic acids is 1. The van der Waals surface area contributed by atoms with Crippen molar-refractivity contribution in [2.45, 2.75) is 70.4 Å². The first kappa shape index (κ1) is 25.3. The number of nitrogens with zero attached hydrogens (tertiary/aromatic N) is 2. The highest BCUT2D eigenvalue weighted by molar-refractivity contribution is 6.74. The molecular formula is C23H33N3O6Si. The van der Waals surface area contributed by atoms with Gasteiger partial charge >= 0.3 is 5.69 Å². The lowest BCUT2D eigenvalue weighted by Crippen LogP contribution is -2.40. The van der Waals surface area contributed by atoms with Crippen LogP contribution in [-0.4, -0.2) is 52.8 Å². The summed E-state index contributed by atoms with van der Waals surface area (Å²) in [7, 11) is -2.14. The number of anilines is 1. The Hall–Kier alpha value is -2.37. The molecule has 0 radical (unpaired) electrons. The van der Waals surface area contributed by atoms with Gasteiger partial charge in [-0.2, -0.15) is 4.98 Å². The number of aliphatic hydroxyl groups excluding tert-OH is 2. The number of amides is 1. The van der Waals surface area contributed by atoms with Gasteiger partial charge in [0.25, 0.3) is 5.91 Å². The fourth-order valence-electron chi connectivity index (χ4n) is 3.22. The van der Waals surface area contributed by atoms with Crippen molar-refractivity contribution in [3.05, 3.63) is 58.1 Å². The number of benzene rings is 1. The van der Waals surface area contributed by atoms with Gasteiger partial charge in [-0.15, -0.1) is 0 Å². The van der Waals surface area contributed by atoms with Crippen LogP contribution < -0.4 is 11.0 Å². The lowest BCUT2D eigenvalue weighted by Gasteiger charge is -2.36. The second-order valence-electron chi connectivity index (χ2n) is 9.79. The zero-order valence-corrected chi connectivity index (χ0v) is 20.7. The highest BCUT2D eigenvalue weighted by Crippen LogP contribution is 2.37. The minimum absolute atomic E-state index is 0.0324. The molecule has 2 heterocycles. The molecule has 9 nitrogen and oxygen atoms in total. The van der Waals surface area contributed by atoms with E-state index in [1.54, 1.807) is 30.5 Å². The van der Waals surface area contributed by atoms with E-state index < -0.39 is 32.4 Å². The van der Waals surface area contributed by atoms with E-state index in [0.717, 1.165) is 0 Å². The van der Waals surface area contributed by atoms with Crippen LogP contribution in [0.4, 0.5) is 5.82 Å². The van der Waals surface area contributed by atoms with E-state index in [1.807, 2.05) is 6.07 Å². The molecule has 180 valence electrons. The van der Waals surface area contributed by atoms with Crippen molar-refractivity contribution < 1.29 is 24.2 Å². The van der Waals surface area contributed by atoms with Crippen molar-refractivity contribution in [3.8, 4) is 0 Å². The Morgan fingerprint density at radius 3 is 2.55 bits per heavy atom. The van der Waals surface area contributed by atoms with E-state index in [4.69, 9.17) is 9.16 Å². The molecule has 33 heavy (non-hydrogen) atoms. The van der Waals surface area contributed by atoms with Crippen LogP contribution in [0.2, 0.25) is 18.1 Å². The molecule has 3 rings (SSSR count). The summed E-state index contributed by atoms with van der Waals surface area (Å²) in [6, 6.07) is 8.66. The van der Waals surface area contributed by atoms with Crippen molar-refractivity contribution >= 4 is 20.0 Å². The molecule has 1 fully saturated rings. The van der Waals surface area contributed by atoms with Crippen LogP contribution in [0.1, 0.15) is 49.3 Å². The Morgan fingerprint density at radius 2 is 1.97 bits per heavy atom. The standard InChI is InChI=1S/C23H33N3O6Si/c1-23(2,3)33(4,5)31-14-16-12-26(19-11-17(28)18(13-27)32-19)22(30)25-20(16)24-21(29)15-9-7-6-8-10-15/h6-10,12,17-19,27-28H,11,13-14H2,1-5H3,(H,24,25,29,30)/t17-,18+,19+/m0/s1. The fourth-order valence-corrected chi connectivity index (χ4v) is 4.17. The van der Waals surface area contributed by atoms with Gasteiger partial charge in [0.15, 0.2) is 8.32 Å². The molecule has 3 N–H and O–H groups in total. The SMILES string of the molecule is CC(C)(C)[Si](C)(C)OCc1cn([C@H]2C[C@H](O)[C@@H](CO)O2)c(=O)nc1NC(=O)c1ccccc1. The molecule has 3 atom stereocenters. The molecule has 1 aromatic carbocycles. The van der Waals surface area contributed by atoms with Gasteiger partial charge in [0.05, 0.1) is 19.3 Å². The summed E-state index contributed by atoms with van der Waals surface area (Å²) < 4.78 is 13.2. The predicted octanol–water partition coefficient (Wildman–Crippen LogP) is 2.66. The van der Waals surface area contributed by atoms with E-state index in [-0.39, 0.29) is 36.4 Å². The second kappa shape index (κ2) is 9.86. The number of hydrogen-bond acceptors (Lipinski definition) is 7. The van der Waals surface area contributed by atoms with Crippen LogP contribution in [0.15, 0.2) is 41.3 Å². The van der Waals surface area contributed by atoms with Gasteiger partial charge in [-0.05, 0) is 30.3 Å². The van der Waals surface area contributed by atoms with Crippen LogP contribution in [0.3, 0.4) is 0 Å². The quantitative estimate of drug-likeness (QED) is 0.526. The summed E-state index contributed by atoms with van der Waals surface area (Å²) in [5.74, 6) is -0.261. The van der Waals surface area contributed by atoms with E-state index in [2.05, 4.69) is 44.2 Å². The molecule has 0 unspecified atom stereocenters. The third-order valence-electron chi connectivity index (χ3n) is 6.38. The van der Waals surface area contributed by atoms with Crippen molar-refractivity contribution in [2.24, 2.45) is 0 Å². The Labute approximate surface area is 194 Å². The molecule has 1 aliphatic rings. The maximum Gasteiger partial charge on any atom is 0.351 e. The number of aliphatic hydroxyl groups is 2. The Kier molecular flexibility index (Phi) is 7.54. The Balaban J connectivity index is 1.94. The van der Waals surface area contributed by atoms with Crippen LogP contribution >= 0.6 is 0 Å². The summed E-state index contributed by atoms with van der Waals surface area (Å²) in [6.45, 7) is 10.4. The topological polar surface area (TPSA) is 123 Å². The van der Waals surface area contributed by atoms with Gasteiger partial charge in [0.1, 0.15) is 18.1 Å². The summed E-state index contributed by atoms with van der Waals surface area (Å²) in [6.07, 6.45) is -0.740. The number of aromatic nitrogens is 2. The first-order valence-electron chi connectivity index (χ1n) is 11.0. The van der Waals surface area contributed by atoms with E-state index in [1.165, 1.54) is 4.57 Å². The van der Waals surface area contributed by atoms with E-state index >= 15 is 0 Å². The molecule has 1 amide bonds. The predicted molar refractivity (Wildman–Crippen MR) is 126 cm³/mol. The van der Waals surface area contributed by atoms with Crippen LogP contribution in [0, 0.1) is 0 Å². The maximum absolute atomic E-state index is 12.8. The van der Waals surface area contributed by atoms with Crippen molar-refractivity contribution in [1.29, 1.82) is 0 Å². The van der Waals surface area contributed by atoms with Crippen LogP contribution in [0.5, 0.6) is 0 Å². The zero-order chi connectivity index (χ0) is 24.4. The van der Waals surface area contributed by atoms with Crippen LogP contribution in [0.25, 0.3) is 0 Å². The number of nitrogens with one attached hydrogen (secondary N) is 1. The number of rotatable bonds is 7. The number of carbonyl (C=O) groups is 1. The smallest absolute Gasteiger partial charge is 0.351 e. The summed E-state index contributed by atoms with van der Waals surface area (Å²) in [4.78, 5) is 29.6. The third-order valence-corrected chi connectivity index (χ3v) is 10.9. The van der Waals surface area contributed by atoms with Crippen molar-refractivity contribution in [1.82, 2.24) is 9.55 Å². The van der Waals surface area contributed by atoms with Crippen molar-refractivity contribution in [2.75, 3.05) is 11.9 Å². The molecule has 0 aliphatic carbocycles. The molecule has 0 spiro atoms. The molecule has 0 saturated carbocycles. The summed E-state index contributed by atoms with van der Waals surface area (Å²) in [5, 5.41) is 22.2. The first-order chi connectivity index (χ1) is 15.4. The molecule has 1 aromatic heterocycles. The normalized spacial score (nSPS) is 21.2. The second-order valence-corrected chi connectivity index (χ2v) is 14.6. The molecule has 10 heteroatoms. The third kappa shape index (κ3) is 5.77. The molecule has 2 aromatic rings. The number of ether oxygens (including phenoxy) is 1. The monoisotopic (exact) mass is 475 g/mol. The van der Waals surface area contributed by atoms with E-state index in [9.17, 15) is 19.8 Å². The van der Waals surface area contributed by atoms with Gasteiger partial charge in [0.2, 0.25) is 0 Å². The van der Waals surface area contributed by atoms with E-state index in [0.29, 0.717) is 11.1 Å². The lowest BCUT2D eigenvalue weighted by molar-refractivity contribution is -0.0459. The minimum Gasteiger partial charge on any atom is -0.412 e. The first-order valence-corrected chi connectivity index (χ1v) is 13.9. The largest absolute Gasteiger partial charge is 0.412 e. The molecule has 1 saturated heterocycles. The highest BCUT2D eigenvalue weighted by Gasteiger charge is 2.38. The molecule has 1 aliphatic heterocycles. The zero-order valence-electron chi connectivity index (χ0n) is 19.7. The fraction of sp³-hybridized carbons (Fsp3) is 0.522. The maximum atomic E-state index is 12.8. The average molecular weight is 476 g/mol. The van der Waals surface area contributed by atoms with Gasteiger partial charge < -0.3 is 24.7 Å². The highest BCUT2D eigenvalue weighted by atomic mass is 28.4.